The van der Waals surface area contributed by atoms with Crippen LogP contribution in [0.1, 0.15) is 32.6 Å². The predicted molar refractivity (Wildman–Crippen MR) is 41.2 cm³/mol. The highest BCUT2D eigenvalue weighted by molar-refractivity contribution is 4.59. The van der Waals surface area contributed by atoms with Crippen LogP contribution in [0, 0.1) is 0 Å². The van der Waals surface area contributed by atoms with Gasteiger partial charge >= 0.3 is 0 Å². The summed E-state index contributed by atoms with van der Waals surface area (Å²) >= 11 is 0. The van der Waals surface area contributed by atoms with Crippen LogP contribution in [0.15, 0.2) is 0 Å². The normalized spacial score (nSPS) is 13.7. The Labute approximate surface area is 57.6 Å². The quantitative estimate of drug-likeness (QED) is 0.579. The highest BCUT2D eigenvalue weighted by atomic mass is 14.6. The summed E-state index contributed by atoms with van der Waals surface area (Å²) in [4.78, 5) is 0. The van der Waals surface area contributed by atoms with E-state index < -0.39 is 0 Å². The third-order valence-electron chi connectivity index (χ3n) is 1.44. The van der Waals surface area contributed by atoms with Crippen molar-refractivity contribution in [2.45, 2.75) is 38.6 Å². The van der Waals surface area contributed by atoms with Crippen molar-refractivity contribution in [1.82, 2.24) is 0 Å². The predicted octanol–water partition coefficient (Wildman–Crippen LogP) is 0.853. The molecule has 0 saturated heterocycles. The molecular weight excluding hydrogens is 112 g/mol. The monoisotopic (exact) mass is 130 g/mol. The Morgan fingerprint density at radius 3 is 2.44 bits per heavy atom. The first-order chi connectivity index (χ1) is 4.31. The molecule has 4 N–H and O–H groups in total. The third kappa shape index (κ3) is 5.80. The standard InChI is InChI=1S/C7H18N2/c1-2-4-7(9)5-3-6-8/h7H,2-6,8-9H2,1H3/t7-/m1/s1. The van der Waals surface area contributed by atoms with Gasteiger partial charge in [0.15, 0.2) is 0 Å². The first-order valence-corrected chi connectivity index (χ1v) is 3.77. The van der Waals surface area contributed by atoms with Gasteiger partial charge in [-0.2, -0.15) is 0 Å². The van der Waals surface area contributed by atoms with E-state index in [2.05, 4.69) is 6.92 Å². The minimum absolute atomic E-state index is 0.388. The molecule has 0 bridgehead atoms. The molecule has 0 heterocycles. The van der Waals surface area contributed by atoms with Crippen molar-refractivity contribution in [2.24, 2.45) is 11.5 Å². The summed E-state index contributed by atoms with van der Waals surface area (Å²) in [5, 5.41) is 0. The number of rotatable bonds is 5. The van der Waals surface area contributed by atoms with Crippen molar-refractivity contribution < 1.29 is 0 Å². The van der Waals surface area contributed by atoms with Crippen LogP contribution in [0.5, 0.6) is 0 Å². The largest absolute Gasteiger partial charge is 0.330 e. The average Bonchev–Trinajstić information content (AvgIpc) is 1.85. The van der Waals surface area contributed by atoms with E-state index in [9.17, 15) is 0 Å². The highest BCUT2D eigenvalue weighted by Crippen LogP contribution is 1.99. The Bertz CT molecular complexity index is 54.9. The fraction of sp³-hybridized carbons (Fsp3) is 1.00. The molecule has 0 aliphatic heterocycles. The van der Waals surface area contributed by atoms with Gasteiger partial charge in [-0.25, -0.2) is 0 Å². The van der Waals surface area contributed by atoms with Crippen molar-refractivity contribution in [3.63, 3.8) is 0 Å². The van der Waals surface area contributed by atoms with Crippen LogP contribution in [-0.4, -0.2) is 12.6 Å². The summed E-state index contributed by atoms with van der Waals surface area (Å²) in [6, 6.07) is 0.388. The molecule has 56 valence electrons. The molecule has 0 spiro atoms. The first-order valence-electron chi connectivity index (χ1n) is 3.77. The van der Waals surface area contributed by atoms with Gasteiger partial charge in [0.05, 0.1) is 0 Å². The molecule has 0 aromatic carbocycles. The molecular formula is C7H18N2. The summed E-state index contributed by atoms with van der Waals surface area (Å²) < 4.78 is 0. The topological polar surface area (TPSA) is 52.0 Å². The van der Waals surface area contributed by atoms with Crippen LogP contribution < -0.4 is 11.5 Å². The Kier molecular flexibility index (Phi) is 5.99. The highest BCUT2D eigenvalue weighted by Gasteiger charge is 1.97. The van der Waals surface area contributed by atoms with E-state index in [4.69, 9.17) is 11.5 Å². The molecule has 0 saturated carbocycles. The van der Waals surface area contributed by atoms with Crippen molar-refractivity contribution in [3.8, 4) is 0 Å². The van der Waals surface area contributed by atoms with E-state index in [-0.39, 0.29) is 0 Å². The summed E-state index contributed by atoms with van der Waals surface area (Å²) in [5.74, 6) is 0. The molecule has 0 fully saturated rings. The smallest absolute Gasteiger partial charge is 0.00391 e. The van der Waals surface area contributed by atoms with Gasteiger partial charge in [-0.05, 0) is 25.8 Å². The zero-order valence-corrected chi connectivity index (χ0v) is 6.27. The number of hydrogen-bond donors (Lipinski definition) is 2. The van der Waals surface area contributed by atoms with E-state index in [1.54, 1.807) is 0 Å². The van der Waals surface area contributed by atoms with Crippen LogP contribution in [0.4, 0.5) is 0 Å². The first kappa shape index (κ1) is 8.92. The van der Waals surface area contributed by atoms with E-state index in [1.807, 2.05) is 0 Å². The molecule has 0 aliphatic carbocycles. The lowest BCUT2D eigenvalue weighted by atomic mass is 10.1. The number of nitrogens with two attached hydrogens (primary N) is 2. The van der Waals surface area contributed by atoms with Gasteiger partial charge in [-0.3, -0.25) is 0 Å². The maximum Gasteiger partial charge on any atom is 0.00391 e. The van der Waals surface area contributed by atoms with Crippen molar-refractivity contribution >= 4 is 0 Å². The Morgan fingerprint density at radius 2 is 2.00 bits per heavy atom. The molecule has 0 aromatic heterocycles. The molecule has 0 unspecified atom stereocenters. The SMILES string of the molecule is CCC[C@@H](N)CCCN. The van der Waals surface area contributed by atoms with Crippen molar-refractivity contribution in [2.75, 3.05) is 6.54 Å². The number of hydrogen-bond acceptors (Lipinski definition) is 2. The Morgan fingerprint density at radius 1 is 1.33 bits per heavy atom. The van der Waals surface area contributed by atoms with Crippen molar-refractivity contribution in [3.05, 3.63) is 0 Å². The summed E-state index contributed by atoms with van der Waals surface area (Å²) in [6.07, 6.45) is 4.48. The molecule has 0 amide bonds. The summed E-state index contributed by atoms with van der Waals surface area (Å²) in [5.41, 5.74) is 11.0. The van der Waals surface area contributed by atoms with Gasteiger partial charge in [0, 0.05) is 6.04 Å². The van der Waals surface area contributed by atoms with Crippen LogP contribution in [-0.2, 0) is 0 Å². The van der Waals surface area contributed by atoms with Gasteiger partial charge in [-0.1, -0.05) is 13.3 Å². The second kappa shape index (κ2) is 6.05. The zero-order valence-electron chi connectivity index (χ0n) is 6.27. The van der Waals surface area contributed by atoms with Gasteiger partial charge in [0.2, 0.25) is 0 Å². The van der Waals surface area contributed by atoms with E-state index in [1.165, 1.54) is 6.42 Å². The summed E-state index contributed by atoms with van der Waals surface area (Å²) in [7, 11) is 0. The van der Waals surface area contributed by atoms with Crippen LogP contribution >= 0.6 is 0 Å². The molecule has 0 radical (unpaired) electrons. The van der Waals surface area contributed by atoms with E-state index in [0.29, 0.717) is 6.04 Å². The van der Waals surface area contributed by atoms with Gasteiger partial charge in [0.25, 0.3) is 0 Å². The van der Waals surface area contributed by atoms with Crippen LogP contribution in [0.2, 0.25) is 0 Å². The molecule has 9 heavy (non-hydrogen) atoms. The molecule has 2 nitrogen and oxygen atoms in total. The van der Waals surface area contributed by atoms with Crippen LogP contribution in [0.3, 0.4) is 0 Å². The molecule has 1 atom stereocenters. The summed E-state index contributed by atoms with van der Waals surface area (Å²) in [6.45, 7) is 2.93. The Balaban J connectivity index is 2.95. The van der Waals surface area contributed by atoms with Crippen LogP contribution in [0.25, 0.3) is 0 Å². The minimum atomic E-state index is 0.388. The lowest BCUT2D eigenvalue weighted by Gasteiger charge is -2.07. The van der Waals surface area contributed by atoms with E-state index >= 15 is 0 Å². The van der Waals surface area contributed by atoms with Gasteiger partial charge in [0.1, 0.15) is 0 Å². The zero-order chi connectivity index (χ0) is 7.11. The van der Waals surface area contributed by atoms with Gasteiger partial charge < -0.3 is 11.5 Å². The second-order valence-electron chi connectivity index (χ2n) is 2.48. The second-order valence-corrected chi connectivity index (χ2v) is 2.48. The maximum atomic E-state index is 5.71. The molecule has 0 aromatic rings. The fourth-order valence-corrected chi connectivity index (χ4v) is 0.895. The minimum Gasteiger partial charge on any atom is -0.330 e. The molecule has 0 rings (SSSR count). The third-order valence-corrected chi connectivity index (χ3v) is 1.44. The lowest BCUT2D eigenvalue weighted by molar-refractivity contribution is 0.543. The molecule has 0 aliphatic rings. The fourth-order valence-electron chi connectivity index (χ4n) is 0.895. The lowest BCUT2D eigenvalue weighted by Crippen LogP contribution is -2.20. The Hall–Kier alpha value is -0.0800. The van der Waals surface area contributed by atoms with Crippen molar-refractivity contribution in [1.29, 1.82) is 0 Å². The van der Waals surface area contributed by atoms with E-state index in [0.717, 1.165) is 25.8 Å². The molecule has 2 heteroatoms. The average molecular weight is 130 g/mol. The maximum absolute atomic E-state index is 5.71. The van der Waals surface area contributed by atoms with Gasteiger partial charge in [-0.15, -0.1) is 0 Å².